The zero-order valence-corrected chi connectivity index (χ0v) is 9.55. The Balaban J connectivity index is 3.08. The summed E-state index contributed by atoms with van der Waals surface area (Å²) in [6, 6.07) is 5.03. The third-order valence-electron chi connectivity index (χ3n) is 1.71. The Kier molecular flexibility index (Phi) is 3.80. The molecule has 0 aliphatic carbocycles. The van der Waals surface area contributed by atoms with Gasteiger partial charge in [0.2, 0.25) is 0 Å². The summed E-state index contributed by atoms with van der Waals surface area (Å²) in [6.45, 7) is 0. The van der Waals surface area contributed by atoms with E-state index in [2.05, 4.69) is 0 Å². The largest absolute Gasteiger partial charge is 0.416 e. The van der Waals surface area contributed by atoms with Gasteiger partial charge in [0, 0.05) is 6.42 Å². The van der Waals surface area contributed by atoms with Gasteiger partial charge in [0.25, 0.3) is 0 Å². The van der Waals surface area contributed by atoms with Gasteiger partial charge in [0.05, 0.1) is 5.56 Å². The van der Waals surface area contributed by atoms with Crippen molar-refractivity contribution in [3.63, 3.8) is 0 Å². The molecule has 0 atom stereocenters. The lowest BCUT2D eigenvalue weighted by atomic mass is 10.1. The van der Waals surface area contributed by atoms with Crippen LogP contribution in [0, 0.1) is 0 Å². The first-order chi connectivity index (χ1) is 6.70. The smallest absolute Gasteiger partial charge is 0.166 e. The summed E-state index contributed by atoms with van der Waals surface area (Å²) in [5.74, 6) is 0. The van der Waals surface area contributed by atoms with E-state index in [1.807, 2.05) is 0 Å². The molecule has 1 rings (SSSR count). The van der Waals surface area contributed by atoms with E-state index in [1.54, 1.807) is 0 Å². The molecular formula is C9H6Cl3F3. The predicted octanol–water partition coefficient (Wildman–Crippen LogP) is 4.62. The number of halogens is 6. The summed E-state index contributed by atoms with van der Waals surface area (Å²) in [5, 5.41) is 0. The van der Waals surface area contributed by atoms with Gasteiger partial charge in [-0.15, -0.1) is 0 Å². The van der Waals surface area contributed by atoms with Crippen LogP contribution < -0.4 is 0 Å². The van der Waals surface area contributed by atoms with Crippen LogP contribution in [-0.4, -0.2) is 3.79 Å². The molecule has 84 valence electrons. The Hall–Kier alpha value is -0.120. The molecule has 1 aromatic carbocycles. The maximum atomic E-state index is 12.5. The molecule has 0 amide bonds. The number of hydrogen-bond donors (Lipinski definition) is 0. The minimum atomic E-state index is -4.42. The molecule has 0 aromatic heterocycles. The molecule has 0 heterocycles. The molecule has 0 aliphatic rings. The molecule has 0 saturated carbocycles. The van der Waals surface area contributed by atoms with E-state index < -0.39 is 15.5 Å². The average Bonchev–Trinajstić information content (AvgIpc) is 1.99. The van der Waals surface area contributed by atoms with Crippen LogP contribution in [0.4, 0.5) is 13.2 Å². The fourth-order valence-corrected chi connectivity index (χ4v) is 1.60. The zero-order valence-electron chi connectivity index (χ0n) is 7.28. The minimum Gasteiger partial charge on any atom is -0.166 e. The van der Waals surface area contributed by atoms with Crippen molar-refractivity contribution in [2.45, 2.75) is 16.4 Å². The van der Waals surface area contributed by atoms with Crippen LogP contribution in [0.1, 0.15) is 11.1 Å². The lowest BCUT2D eigenvalue weighted by Gasteiger charge is -2.16. The summed E-state index contributed by atoms with van der Waals surface area (Å²) >= 11 is 16.4. The van der Waals surface area contributed by atoms with Gasteiger partial charge < -0.3 is 0 Å². The Labute approximate surface area is 99.9 Å². The molecule has 15 heavy (non-hydrogen) atoms. The molecule has 0 aliphatic heterocycles. The molecule has 0 saturated heterocycles. The van der Waals surface area contributed by atoms with Crippen molar-refractivity contribution in [3.05, 3.63) is 35.4 Å². The van der Waals surface area contributed by atoms with Crippen molar-refractivity contribution in [1.82, 2.24) is 0 Å². The van der Waals surface area contributed by atoms with Crippen LogP contribution in [0.25, 0.3) is 0 Å². The lowest BCUT2D eigenvalue weighted by molar-refractivity contribution is -0.138. The normalized spacial score (nSPS) is 12.9. The second-order valence-electron chi connectivity index (χ2n) is 2.95. The van der Waals surface area contributed by atoms with Crippen LogP contribution in [-0.2, 0) is 12.6 Å². The first-order valence-corrected chi connectivity index (χ1v) is 5.05. The Morgan fingerprint density at radius 3 is 2.00 bits per heavy atom. The number of hydrogen-bond acceptors (Lipinski definition) is 0. The van der Waals surface area contributed by atoms with Crippen molar-refractivity contribution in [1.29, 1.82) is 0 Å². The highest BCUT2D eigenvalue weighted by atomic mass is 35.6. The van der Waals surface area contributed by atoms with E-state index in [0.717, 1.165) is 6.07 Å². The topological polar surface area (TPSA) is 0 Å². The van der Waals surface area contributed by atoms with E-state index >= 15 is 0 Å². The molecule has 0 bridgehead atoms. The molecular weight excluding hydrogens is 271 g/mol. The third-order valence-corrected chi connectivity index (χ3v) is 2.11. The maximum Gasteiger partial charge on any atom is 0.416 e. The van der Waals surface area contributed by atoms with Crippen molar-refractivity contribution in [2.24, 2.45) is 0 Å². The highest BCUT2D eigenvalue weighted by Gasteiger charge is 2.34. The van der Waals surface area contributed by atoms with Crippen LogP contribution in [0.5, 0.6) is 0 Å². The molecule has 0 fully saturated rings. The summed E-state index contributed by atoms with van der Waals surface area (Å²) in [5.41, 5.74) is -0.790. The zero-order chi connectivity index (χ0) is 11.7. The van der Waals surface area contributed by atoms with Crippen LogP contribution in [0.15, 0.2) is 24.3 Å². The van der Waals surface area contributed by atoms with Gasteiger partial charge in [-0.05, 0) is 11.6 Å². The molecule has 0 radical (unpaired) electrons. The van der Waals surface area contributed by atoms with Crippen molar-refractivity contribution in [2.75, 3.05) is 0 Å². The predicted molar refractivity (Wildman–Crippen MR) is 55.4 cm³/mol. The second kappa shape index (κ2) is 4.40. The summed E-state index contributed by atoms with van der Waals surface area (Å²) in [6.07, 6.45) is -4.69. The number of alkyl halides is 6. The Morgan fingerprint density at radius 1 is 1.00 bits per heavy atom. The quantitative estimate of drug-likeness (QED) is 0.657. The molecule has 1 aromatic rings. The molecule has 0 nitrogen and oxygen atoms in total. The number of benzene rings is 1. The fourth-order valence-electron chi connectivity index (χ4n) is 1.17. The monoisotopic (exact) mass is 276 g/mol. The SMILES string of the molecule is FC(F)(F)c1ccccc1CC(Cl)(Cl)Cl. The van der Waals surface area contributed by atoms with Crippen LogP contribution >= 0.6 is 34.8 Å². The first-order valence-electron chi connectivity index (χ1n) is 3.92. The van der Waals surface area contributed by atoms with Gasteiger partial charge in [0.15, 0.2) is 3.79 Å². The van der Waals surface area contributed by atoms with E-state index in [9.17, 15) is 13.2 Å². The number of rotatable bonds is 1. The van der Waals surface area contributed by atoms with E-state index in [4.69, 9.17) is 34.8 Å². The van der Waals surface area contributed by atoms with Crippen LogP contribution in [0.3, 0.4) is 0 Å². The molecule has 0 N–H and O–H groups in total. The molecule has 6 heteroatoms. The van der Waals surface area contributed by atoms with Crippen molar-refractivity contribution < 1.29 is 13.2 Å². The molecule has 0 unspecified atom stereocenters. The van der Waals surface area contributed by atoms with E-state index in [0.29, 0.717) is 0 Å². The average molecular weight is 278 g/mol. The van der Waals surface area contributed by atoms with E-state index in [1.165, 1.54) is 18.2 Å². The van der Waals surface area contributed by atoms with Gasteiger partial charge in [-0.3, -0.25) is 0 Å². The van der Waals surface area contributed by atoms with Gasteiger partial charge in [-0.25, -0.2) is 0 Å². The summed E-state index contributed by atoms with van der Waals surface area (Å²) in [7, 11) is 0. The van der Waals surface area contributed by atoms with Crippen LogP contribution in [0.2, 0.25) is 0 Å². The lowest BCUT2D eigenvalue weighted by Crippen LogP contribution is -2.14. The third kappa shape index (κ3) is 4.09. The summed E-state index contributed by atoms with van der Waals surface area (Å²) in [4.78, 5) is 0. The Morgan fingerprint density at radius 2 is 1.53 bits per heavy atom. The second-order valence-corrected chi connectivity index (χ2v) is 5.46. The fraction of sp³-hybridized carbons (Fsp3) is 0.333. The van der Waals surface area contributed by atoms with Gasteiger partial charge >= 0.3 is 6.18 Å². The standard InChI is InChI=1S/C9H6Cl3F3/c10-8(11,12)5-6-3-1-2-4-7(6)9(13,14)15/h1-4H,5H2. The highest BCUT2D eigenvalue weighted by Crippen LogP contribution is 2.37. The van der Waals surface area contributed by atoms with Gasteiger partial charge in [-0.1, -0.05) is 53.0 Å². The summed E-state index contributed by atoms with van der Waals surface area (Å²) < 4.78 is 35.8. The van der Waals surface area contributed by atoms with E-state index in [-0.39, 0.29) is 12.0 Å². The first kappa shape index (κ1) is 12.9. The molecule has 0 spiro atoms. The van der Waals surface area contributed by atoms with Crippen molar-refractivity contribution in [3.8, 4) is 0 Å². The highest BCUT2D eigenvalue weighted by molar-refractivity contribution is 6.67. The maximum absolute atomic E-state index is 12.5. The van der Waals surface area contributed by atoms with Crippen molar-refractivity contribution >= 4 is 34.8 Å². The minimum absolute atomic E-state index is 0.0231. The Bertz CT molecular complexity index is 341. The van der Waals surface area contributed by atoms with Gasteiger partial charge in [-0.2, -0.15) is 13.2 Å². The van der Waals surface area contributed by atoms with Gasteiger partial charge in [0.1, 0.15) is 0 Å².